The van der Waals surface area contributed by atoms with Crippen LogP contribution in [0.3, 0.4) is 0 Å². The summed E-state index contributed by atoms with van der Waals surface area (Å²) in [5, 5.41) is 0. The molecule has 2 saturated carbocycles. The zero-order valence-electron chi connectivity index (χ0n) is 9.89. The SMILES string of the molecule is FOC(F)(C1CCCCC1)C1CCCCC1. The van der Waals surface area contributed by atoms with Crippen LogP contribution in [0.5, 0.6) is 0 Å². The van der Waals surface area contributed by atoms with Crippen LogP contribution in [0.25, 0.3) is 0 Å². The second-order valence-electron chi connectivity index (χ2n) is 5.44. The minimum Gasteiger partial charge on any atom is -0.208 e. The molecule has 0 bridgehead atoms. The fraction of sp³-hybridized carbons (Fsp3) is 1.00. The van der Waals surface area contributed by atoms with Crippen LogP contribution in [0.2, 0.25) is 0 Å². The van der Waals surface area contributed by atoms with Crippen molar-refractivity contribution in [3.8, 4) is 0 Å². The molecule has 0 saturated heterocycles. The molecule has 0 aliphatic heterocycles. The van der Waals surface area contributed by atoms with Crippen molar-refractivity contribution in [3.05, 3.63) is 0 Å². The Hall–Kier alpha value is -0.180. The molecule has 0 unspecified atom stereocenters. The minimum absolute atomic E-state index is 0.214. The summed E-state index contributed by atoms with van der Waals surface area (Å²) in [6.07, 6.45) is 9.55. The highest BCUT2D eigenvalue weighted by atomic mass is 19.3. The molecule has 2 aliphatic rings. The highest BCUT2D eigenvalue weighted by Gasteiger charge is 2.48. The first-order valence-electron chi connectivity index (χ1n) is 6.76. The highest BCUT2D eigenvalue weighted by Crippen LogP contribution is 2.46. The number of halogens is 2. The predicted molar refractivity (Wildman–Crippen MR) is 59.2 cm³/mol. The molecule has 0 N–H and O–H groups in total. The maximum Gasteiger partial charge on any atom is 0.251 e. The molecular weight excluding hydrogens is 210 g/mol. The fourth-order valence-electron chi connectivity index (χ4n) is 3.45. The molecule has 94 valence electrons. The van der Waals surface area contributed by atoms with Crippen molar-refractivity contribution in [2.75, 3.05) is 0 Å². The summed E-state index contributed by atoms with van der Waals surface area (Å²) in [7, 11) is 0. The Bertz CT molecular complexity index is 190. The fourth-order valence-corrected chi connectivity index (χ4v) is 3.45. The zero-order chi connectivity index (χ0) is 11.4. The van der Waals surface area contributed by atoms with Gasteiger partial charge in [-0.05, 0) is 30.2 Å². The molecule has 16 heavy (non-hydrogen) atoms. The topological polar surface area (TPSA) is 9.23 Å². The van der Waals surface area contributed by atoms with Crippen LogP contribution < -0.4 is 0 Å². The Balaban J connectivity index is 2.03. The zero-order valence-corrected chi connectivity index (χ0v) is 9.89. The van der Waals surface area contributed by atoms with Crippen molar-refractivity contribution in [1.82, 2.24) is 0 Å². The van der Waals surface area contributed by atoms with E-state index in [1.807, 2.05) is 0 Å². The van der Waals surface area contributed by atoms with E-state index in [2.05, 4.69) is 4.94 Å². The lowest BCUT2D eigenvalue weighted by atomic mass is 9.74. The number of hydrogen-bond acceptors (Lipinski definition) is 1. The third kappa shape index (κ3) is 2.39. The van der Waals surface area contributed by atoms with Gasteiger partial charge in [-0.2, -0.15) is 4.94 Å². The van der Waals surface area contributed by atoms with Gasteiger partial charge < -0.3 is 0 Å². The van der Waals surface area contributed by atoms with E-state index in [1.54, 1.807) is 0 Å². The van der Waals surface area contributed by atoms with Crippen molar-refractivity contribution in [1.29, 1.82) is 0 Å². The first kappa shape index (κ1) is 12.3. The molecule has 0 aromatic carbocycles. The minimum atomic E-state index is -1.99. The Morgan fingerprint density at radius 2 is 1.12 bits per heavy atom. The molecule has 0 aromatic rings. The van der Waals surface area contributed by atoms with Gasteiger partial charge in [0.25, 0.3) is 5.85 Å². The number of rotatable bonds is 3. The van der Waals surface area contributed by atoms with Crippen molar-refractivity contribution in [2.45, 2.75) is 70.1 Å². The highest BCUT2D eigenvalue weighted by molar-refractivity contribution is 4.88. The average molecular weight is 232 g/mol. The quantitative estimate of drug-likeness (QED) is 0.684. The molecule has 2 aliphatic carbocycles. The van der Waals surface area contributed by atoms with E-state index in [0.29, 0.717) is 0 Å². The lowest BCUT2D eigenvalue weighted by Gasteiger charge is -2.39. The summed E-state index contributed by atoms with van der Waals surface area (Å²) >= 11 is 0. The second-order valence-corrected chi connectivity index (χ2v) is 5.44. The molecule has 2 fully saturated rings. The summed E-state index contributed by atoms with van der Waals surface area (Å²) < 4.78 is 27.4. The van der Waals surface area contributed by atoms with Gasteiger partial charge in [-0.25, -0.2) is 4.39 Å². The van der Waals surface area contributed by atoms with E-state index in [9.17, 15) is 8.92 Å². The lowest BCUT2D eigenvalue weighted by Crippen LogP contribution is -2.43. The van der Waals surface area contributed by atoms with Gasteiger partial charge in [0.15, 0.2) is 0 Å². The number of alkyl halides is 1. The standard InChI is InChI=1S/C13H22F2O/c14-13(16-15,11-7-3-1-4-8-11)12-9-5-2-6-10-12/h11-12H,1-10H2. The summed E-state index contributed by atoms with van der Waals surface area (Å²) in [5.74, 6) is -2.41. The van der Waals surface area contributed by atoms with Gasteiger partial charge in [-0.1, -0.05) is 38.5 Å². The first-order chi connectivity index (χ1) is 7.77. The molecule has 0 aromatic heterocycles. The van der Waals surface area contributed by atoms with Gasteiger partial charge in [0.1, 0.15) is 0 Å². The van der Waals surface area contributed by atoms with Crippen LogP contribution >= 0.6 is 0 Å². The molecule has 3 heteroatoms. The summed E-state index contributed by atoms with van der Waals surface area (Å²) in [6, 6.07) is 0. The van der Waals surface area contributed by atoms with Crippen molar-refractivity contribution in [2.24, 2.45) is 11.8 Å². The normalized spacial score (nSPS) is 25.9. The van der Waals surface area contributed by atoms with Gasteiger partial charge in [-0.15, -0.1) is 0 Å². The molecular formula is C13H22F2O. The van der Waals surface area contributed by atoms with Gasteiger partial charge in [0.2, 0.25) is 0 Å². The summed E-state index contributed by atoms with van der Waals surface area (Å²) in [5.41, 5.74) is 0. The van der Waals surface area contributed by atoms with Crippen LogP contribution in [0.4, 0.5) is 8.92 Å². The molecule has 0 spiro atoms. The van der Waals surface area contributed by atoms with Gasteiger partial charge in [-0.3, -0.25) is 0 Å². The molecule has 1 nitrogen and oxygen atoms in total. The van der Waals surface area contributed by atoms with E-state index in [4.69, 9.17) is 0 Å². The lowest BCUT2D eigenvalue weighted by molar-refractivity contribution is -0.342. The van der Waals surface area contributed by atoms with Crippen LogP contribution in [0.1, 0.15) is 64.2 Å². The van der Waals surface area contributed by atoms with Crippen molar-refractivity contribution in [3.63, 3.8) is 0 Å². The molecule has 0 amide bonds. The van der Waals surface area contributed by atoms with Gasteiger partial charge in [0.05, 0.1) is 0 Å². The Kier molecular flexibility index (Phi) is 4.17. The Morgan fingerprint density at radius 3 is 1.44 bits per heavy atom. The van der Waals surface area contributed by atoms with Crippen LogP contribution in [0.15, 0.2) is 0 Å². The van der Waals surface area contributed by atoms with Crippen LogP contribution in [0, 0.1) is 11.8 Å². The average Bonchev–Trinajstić information content (AvgIpc) is 2.40. The predicted octanol–water partition coefficient (Wildman–Crippen LogP) is 4.71. The number of hydrogen-bond donors (Lipinski definition) is 0. The monoisotopic (exact) mass is 232 g/mol. The van der Waals surface area contributed by atoms with E-state index in [1.165, 1.54) is 0 Å². The maximum absolute atomic E-state index is 14.7. The van der Waals surface area contributed by atoms with E-state index in [-0.39, 0.29) is 11.8 Å². The molecule has 0 heterocycles. The van der Waals surface area contributed by atoms with Crippen molar-refractivity contribution < 1.29 is 13.9 Å². The third-order valence-electron chi connectivity index (χ3n) is 4.44. The smallest absolute Gasteiger partial charge is 0.208 e. The Morgan fingerprint density at radius 1 is 0.750 bits per heavy atom. The summed E-state index contributed by atoms with van der Waals surface area (Å²) in [4.78, 5) is 3.85. The third-order valence-corrected chi connectivity index (χ3v) is 4.44. The first-order valence-corrected chi connectivity index (χ1v) is 6.76. The molecule has 0 atom stereocenters. The van der Waals surface area contributed by atoms with Gasteiger partial charge in [0, 0.05) is 11.8 Å². The van der Waals surface area contributed by atoms with Gasteiger partial charge >= 0.3 is 0 Å². The Labute approximate surface area is 96.5 Å². The van der Waals surface area contributed by atoms with E-state index in [0.717, 1.165) is 64.2 Å². The largest absolute Gasteiger partial charge is 0.251 e. The molecule has 2 rings (SSSR count). The molecule has 0 radical (unpaired) electrons. The van der Waals surface area contributed by atoms with Crippen LogP contribution in [-0.4, -0.2) is 5.85 Å². The second kappa shape index (κ2) is 5.44. The van der Waals surface area contributed by atoms with E-state index >= 15 is 0 Å². The van der Waals surface area contributed by atoms with Crippen LogP contribution in [-0.2, 0) is 4.94 Å². The summed E-state index contributed by atoms with van der Waals surface area (Å²) in [6.45, 7) is 0. The van der Waals surface area contributed by atoms with E-state index < -0.39 is 5.85 Å². The maximum atomic E-state index is 14.7. The van der Waals surface area contributed by atoms with Crippen molar-refractivity contribution >= 4 is 0 Å².